The molecule has 0 aromatic heterocycles. The first-order chi connectivity index (χ1) is 14.6. The van der Waals surface area contributed by atoms with Crippen molar-refractivity contribution in [2.45, 2.75) is 13.2 Å². The highest BCUT2D eigenvalue weighted by Gasteiger charge is 2.14. The fourth-order valence-corrected chi connectivity index (χ4v) is 3.74. The van der Waals surface area contributed by atoms with Crippen LogP contribution in [0.1, 0.15) is 11.1 Å². The molecule has 7 heteroatoms. The quantitative estimate of drug-likeness (QED) is 0.486. The number of benzene rings is 3. The second-order valence-corrected chi connectivity index (χ2v) is 7.56. The van der Waals surface area contributed by atoms with Gasteiger partial charge in [-0.3, -0.25) is 0 Å². The Balaban J connectivity index is 1.46. The van der Waals surface area contributed by atoms with E-state index >= 15 is 0 Å². The predicted octanol–water partition coefficient (Wildman–Crippen LogP) is 5.56. The molecule has 0 saturated carbocycles. The number of rotatable bonds is 7. The van der Waals surface area contributed by atoms with Gasteiger partial charge in [-0.1, -0.05) is 18.2 Å². The Bertz CT molecular complexity index is 1040. The van der Waals surface area contributed by atoms with Crippen molar-refractivity contribution >= 4 is 21.6 Å². The smallest absolute Gasteiger partial charge is 0.175 e. The number of anilines is 1. The van der Waals surface area contributed by atoms with E-state index in [-0.39, 0.29) is 12.4 Å². The van der Waals surface area contributed by atoms with Gasteiger partial charge in [-0.15, -0.1) is 0 Å². The van der Waals surface area contributed by atoms with E-state index in [1.807, 2.05) is 30.3 Å². The van der Waals surface area contributed by atoms with Crippen LogP contribution in [0.3, 0.4) is 0 Å². The summed E-state index contributed by atoms with van der Waals surface area (Å²) in [6.45, 7) is 1.80. The van der Waals surface area contributed by atoms with Crippen LogP contribution in [0.2, 0.25) is 0 Å². The average Bonchev–Trinajstić information content (AvgIpc) is 2.77. The molecule has 1 heterocycles. The number of methoxy groups -OCH3 is 1. The summed E-state index contributed by atoms with van der Waals surface area (Å²) < 4.78 is 37.1. The molecular weight excluding hydrogens is 453 g/mol. The van der Waals surface area contributed by atoms with Crippen molar-refractivity contribution < 1.29 is 23.3 Å². The highest BCUT2D eigenvalue weighted by Crippen LogP contribution is 2.38. The van der Waals surface area contributed by atoms with Gasteiger partial charge in [0.05, 0.1) is 11.6 Å². The van der Waals surface area contributed by atoms with E-state index in [1.165, 1.54) is 6.07 Å². The van der Waals surface area contributed by atoms with Gasteiger partial charge in [0.2, 0.25) is 0 Å². The highest BCUT2D eigenvalue weighted by molar-refractivity contribution is 9.10. The second kappa shape index (κ2) is 9.26. The Morgan fingerprint density at radius 3 is 2.63 bits per heavy atom. The third kappa shape index (κ3) is 4.62. The molecule has 0 bridgehead atoms. The Morgan fingerprint density at radius 2 is 1.83 bits per heavy atom. The van der Waals surface area contributed by atoms with Crippen LogP contribution in [-0.4, -0.2) is 20.3 Å². The van der Waals surface area contributed by atoms with Gasteiger partial charge >= 0.3 is 0 Å². The van der Waals surface area contributed by atoms with Gasteiger partial charge in [0, 0.05) is 23.9 Å². The average molecular weight is 474 g/mol. The largest absolute Gasteiger partial charge is 0.493 e. The molecule has 156 valence electrons. The predicted molar refractivity (Wildman–Crippen MR) is 116 cm³/mol. The molecule has 1 aliphatic heterocycles. The first-order valence-electron chi connectivity index (χ1n) is 9.50. The van der Waals surface area contributed by atoms with Gasteiger partial charge in [0.15, 0.2) is 23.0 Å². The van der Waals surface area contributed by atoms with Crippen LogP contribution in [0, 0.1) is 5.82 Å². The first kappa shape index (κ1) is 20.3. The maximum absolute atomic E-state index is 13.9. The molecule has 0 unspecified atom stereocenters. The van der Waals surface area contributed by atoms with Crippen LogP contribution in [-0.2, 0) is 13.2 Å². The Kier molecular flexibility index (Phi) is 6.28. The van der Waals surface area contributed by atoms with Crippen LogP contribution >= 0.6 is 15.9 Å². The van der Waals surface area contributed by atoms with Gasteiger partial charge < -0.3 is 24.3 Å². The van der Waals surface area contributed by atoms with Crippen molar-refractivity contribution in [3.05, 3.63) is 76.0 Å². The van der Waals surface area contributed by atoms with Crippen LogP contribution in [0.15, 0.2) is 59.1 Å². The topological polar surface area (TPSA) is 49.0 Å². The number of halogens is 2. The summed E-state index contributed by atoms with van der Waals surface area (Å²) in [4.78, 5) is 0. The third-order valence-electron chi connectivity index (χ3n) is 4.66. The lowest BCUT2D eigenvalue weighted by atomic mass is 10.2. The summed E-state index contributed by atoms with van der Waals surface area (Å²) in [6, 6.07) is 16.2. The molecule has 3 aromatic carbocycles. The van der Waals surface area contributed by atoms with E-state index in [4.69, 9.17) is 18.9 Å². The summed E-state index contributed by atoms with van der Waals surface area (Å²) in [5.74, 6) is 2.30. The lowest BCUT2D eigenvalue weighted by Gasteiger charge is -2.19. The first-order valence-corrected chi connectivity index (χ1v) is 10.3. The molecule has 0 saturated heterocycles. The van der Waals surface area contributed by atoms with E-state index in [2.05, 4.69) is 21.2 Å². The van der Waals surface area contributed by atoms with Crippen molar-refractivity contribution in [3.8, 4) is 23.0 Å². The van der Waals surface area contributed by atoms with Gasteiger partial charge in [-0.25, -0.2) is 4.39 Å². The van der Waals surface area contributed by atoms with Gasteiger partial charge in [-0.05, 0) is 51.8 Å². The van der Waals surface area contributed by atoms with E-state index in [0.717, 1.165) is 27.2 Å². The van der Waals surface area contributed by atoms with Crippen LogP contribution in [0.5, 0.6) is 23.0 Å². The van der Waals surface area contributed by atoms with Crippen LogP contribution in [0.25, 0.3) is 0 Å². The molecule has 0 aliphatic carbocycles. The Hall–Kier alpha value is -2.93. The minimum Gasteiger partial charge on any atom is -0.493 e. The molecule has 0 spiro atoms. The molecule has 3 aromatic rings. The van der Waals surface area contributed by atoms with Gasteiger partial charge in [0.25, 0.3) is 0 Å². The SMILES string of the molecule is COc1cc(CNc2ccc3c(c2)OCCO3)cc(Br)c1OCc1ccccc1F. The number of nitrogens with one attached hydrogen (secondary N) is 1. The number of hydrogen-bond donors (Lipinski definition) is 1. The van der Waals surface area contributed by atoms with E-state index in [0.29, 0.717) is 36.8 Å². The lowest BCUT2D eigenvalue weighted by Crippen LogP contribution is -2.15. The molecule has 5 nitrogen and oxygen atoms in total. The van der Waals surface area contributed by atoms with Crippen molar-refractivity contribution in [2.24, 2.45) is 0 Å². The number of fused-ring (bicyclic) bond motifs is 1. The van der Waals surface area contributed by atoms with Crippen molar-refractivity contribution in [3.63, 3.8) is 0 Å². The molecule has 0 amide bonds. The minimum atomic E-state index is -0.298. The molecule has 0 radical (unpaired) electrons. The summed E-state index contributed by atoms with van der Waals surface area (Å²) in [6.07, 6.45) is 0. The zero-order chi connectivity index (χ0) is 20.9. The fourth-order valence-electron chi connectivity index (χ4n) is 3.14. The summed E-state index contributed by atoms with van der Waals surface area (Å²) in [5, 5.41) is 3.37. The van der Waals surface area contributed by atoms with Crippen LogP contribution in [0.4, 0.5) is 10.1 Å². The Labute approximate surface area is 182 Å². The van der Waals surface area contributed by atoms with E-state index in [1.54, 1.807) is 25.3 Å². The molecule has 0 fully saturated rings. The molecule has 1 N–H and O–H groups in total. The molecular formula is C23H21BrFNO4. The Morgan fingerprint density at radius 1 is 1.03 bits per heavy atom. The third-order valence-corrected chi connectivity index (χ3v) is 5.25. The second-order valence-electron chi connectivity index (χ2n) is 6.70. The fraction of sp³-hybridized carbons (Fsp3) is 0.217. The maximum atomic E-state index is 13.9. The maximum Gasteiger partial charge on any atom is 0.175 e. The molecule has 4 rings (SSSR count). The normalized spacial score (nSPS) is 12.4. The number of ether oxygens (including phenoxy) is 4. The molecule has 0 atom stereocenters. The molecule has 1 aliphatic rings. The van der Waals surface area contributed by atoms with Crippen molar-refractivity contribution in [2.75, 3.05) is 25.6 Å². The standard InChI is InChI=1S/C23H21BrFNO4/c1-27-22-11-15(13-26-17-6-7-20-21(12-17)29-9-8-28-20)10-18(24)23(22)30-14-16-4-2-3-5-19(16)25/h2-7,10-12,26H,8-9,13-14H2,1H3. The van der Waals surface area contributed by atoms with E-state index in [9.17, 15) is 4.39 Å². The summed E-state index contributed by atoms with van der Waals surface area (Å²) in [7, 11) is 1.58. The summed E-state index contributed by atoms with van der Waals surface area (Å²) in [5.41, 5.74) is 2.40. The van der Waals surface area contributed by atoms with E-state index < -0.39 is 0 Å². The monoisotopic (exact) mass is 473 g/mol. The van der Waals surface area contributed by atoms with Crippen LogP contribution < -0.4 is 24.3 Å². The zero-order valence-corrected chi connectivity index (χ0v) is 18.0. The number of hydrogen-bond acceptors (Lipinski definition) is 5. The van der Waals surface area contributed by atoms with Gasteiger partial charge in [0.1, 0.15) is 25.6 Å². The summed E-state index contributed by atoms with van der Waals surface area (Å²) >= 11 is 3.54. The molecule has 30 heavy (non-hydrogen) atoms. The minimum absolute atomic E-state index is 0.108. The lowest BCUT2D eigenvalue weighted by molar-refractivity contribution is 0.171. The zero-order valence-electron chi connectivity index (χ0n) is 16.4. The van der Waals surface area contributed by atoms with Crippen molar-refractivity contribution in [1.82, 2.24) is 0 Å². The van der Waals surface area contributed by atoms with Crippen molar-refractivity contribution in [1.29, 1.82) is 0 Å². The van der Waals surface area contributed by atoms with Gasteiger partial charge in [-0.2, -0.15) is 0 Å². The highest BCUT2D eigenvalue weighted by atomic mass is 79.9.